The minimum atomic E-state index is -0.257. The number of tetrazole rings is 1. The number of nitrogens with one attached hydrogen (secondary N) is 1. The topological polar surface area (TPSA) is 63.7 Å². The van der Waals surface area contributed by atoms with E-state index >= 15 is 0 Å². The number of methoxy groups -OCH3 is 1. The third kappa shape index (κ3) is 1.01. The van der Waals surface area contributed by atoms with Crippen molar-refractivity contribution < 1.29 is 4.74 Å². The van der Waals surface area contributed by atoms with Crippen molar-refractivity contribution in [1.29, 1.82) is 0 Å². The number of nitrogens with zero attached hydrogens (tertiary/aromatic N) is 3. The number of ether oxygens (including phenoxy) is 1. The van der Waals surface area contributed by atoms with Crippen molar-refractivity contribution in [3.8, 4) is 0 Å². The normalized spacial score (nSPS) is 21.4. The highest BCUT2D eigenvalue weighted by molar-refractivity contribution is 5.01. The van der Waals surface area contributed by atoms with Gasteiger partial charge in [0.1, 0.15) is 5.60 Å². The van der Waals surface area contributed by atoms with Crippen molar-refractivity contribution in [2.45, 2.75) is 31.3 Å². The Balaban J connectivity index is 2.28. The Kier molecular flexibility index (Phi) is 1.80. The number of hydrogen-bond acceptors (Lipinski definition) is 4. The molecule has 5 nitrogen and oxygen atoms in total. The van der Waals surface area contributed by atoms with E-state index in [0.717, 1.165) is 12.8 Å². The molecule has 1 aliphatic rings. The van der Waals surface area contributed by atoms with Crippen molar-refractivity contribution >= 4 is 0 Å². The first-order valence-corrected chi connectivity index (χ1v) is 4.16. The van der Waals surface area contributed by atoms with Gasteiger partial charge in [0.2, 0.25) is 5.82 Å². The van der Waals surface area contributed by atoms with Crippen LogP contribution in [-0.4, -0.2) is 27.7 Å². The van der Waals surface area contributed by atoms with Gasteiger partial charge in [-0.3, -0.25) is 0 Å². The van der Waals surface area contributed by atoms with Crippen LogP contribution >= 0.6 is 0 Å². The molecule has 1 heterocycles. The van der Waals surface area contributed by atoms with Gasteiger partial charge < -0.3 is 4.74 Å². The molecule has 1 N–H and O–H groups in total. The molecule has 0 radical (unpaired) electrons. The molecule has 1 fully saturated rings. The molecule has 0 bridgehead atoms. The monoisotopic (exact) mass is 168 g/mol. The number of rotatable bonds is 2. The summed E-state index contributed by atoms with van der Waals surface area (Å²) in [6, 6.07) is 0. The molecule has 0 saturated heterocycles. The van der Waals surface area contributed by atoms with E-state index in [1.54, 1.807) is 7.11 Å². The van der Waals surface area contributed by atoms with Crippen LogP contribution in [0.2, 0.25) is 0 Å². The van der Waals surface area contributed by atoms with E-state index in [0.29, 0.717) is 5.82 Å². The second kappa shape index (κ2) is 2.82. The van der Waals surface area contributed by atoms with Crippen molar-refractivity contribution in [2.75, 3.05) is 7.11 Å². The lowest BCUT2D eigenvalue weighted by molar-refractivity contribution is -0.0162. The zero-order valence-electron chi connectivity index (χ0n) is 7.08. The number of H-pyrrole nitrogens is 1. The highest BCUT2D eigenvalue weighted by atomic mass is 16.5. The average molecular weight is 168 g/mol. The molecule has 0 unspecified atom stereocenters. The Labute approximate surface area is 70.5 Å². The zero-order valence-corrected chi connectivity index (χ0v) is 7.08. The van der Waals surface area contributed by atoms with Gasteiger partial charge in [-0.25, -0.2) is 0 Å². The van der Waals surface area contributed by atoms with Crippen LogP contribution in [0, 0.1) is 0 Å². The van der Waals surface area contributed by atoms with Gasteiger partial charge in [-0.1, -0.05) is 5.21 Å². The molecule has 2 rings (SSSR count). The van der Waals surface area contributed by atoms with E-state index in [2.05, 4.69) is 20.6 Å². The van der Waals surface area contributed by atoms with E-state index in [1.807, 2.05) is 0 Å². The molecular formula is C7H12N4O. The molecular weight excluding hydrogens is 156 g/mol. The van der Waals surface area contributed by atoms with Crippen LogP contribution in [-0.2, 0) is 10.3 Å². The molecule has 1 aliphatic carbocycles. The van der Waals surface area contributed by atoms with Crippen LogP contribution in [0.25, 0.3) is 0 Å². The number of hydrogen-bond donors (Lipinski definition) is 1. The summed E-state index contributed by atoms with van der Waals surface area (Å²) in [5.41, 5.74) is -0.257. The van der Waals surface area contributed by atoms with E-state index in [4.69, 9.17) is 4.74 Å². The molecule has 0 aromatic carbocycles. The van der Waals surface area contributed by atoms with Gasteiger partial charge in [0.25, 0.3) is 0 Å². The predicted molar refractivity (Wildman–Crippen MR) is 41.3 cm³/mol. The maximum atomic E-state index is 5.46. The lowest BCUT2D eigenvalue weighted by atomic mass is 10.0. The van der Waals surface area contributed by atoms with Crippen molar-refractivity contribution in [1.82, 2.24) is 20.6 Å². The molecule has 1 aromatic rings. The van der Waals surface area contributed by atoms with Gasteiger partial charge in [-0.2, -0.15) is 5.21 Å². The fourth-order valence-corrected chi connectivity index (χ4v) is 1.82. The lowest BCUT2D eigenvalue weighted by Gasteiger charge is -2.22. The lowest BCUT2D eigenvalue weighted by Crippen LogP contribution is -2.26. The Bertz CT molecular complexity index is 240. The smallest absolute Gasteiger partial charge is 0.206 e. The van der Waals surface area contributed by atoms with E-state index < -0.39 is 0 Å². The number of aromatic nitrogens is 4. The highest BCUT2D eigenvalue weighted by Crippen LogP contribution is 2.39. The Morgan fingerprint density at radius 2 is 2.17 bits per heavy atom. The van der Waals surface area contributed by atoms with Gasteiger partial charge in [-0.15, -0.1) is 10.2 Å². The van der Waals surface area contributed by atoms with Gasteiger partial charge in [-0.05, 0) is 25.7 Å². The fourth-order valence-electron chi connectivity index (χ4n) is 1.82. The first kappa shape index (κ1) is 7.67. The maximum absolute atomic E-state index is 5.46. The molecule has 1 saturated carbocycles. The second-order valence-corrected chi connectivity index (χ2v) is 3.14. The molecule has 5 heteroatoms. The Morgan fingerprint density at radius 1 is 1.42 bits per heavy atom. The largest absolute Gasteiger partial charge is 0.370 e. The predicted octanol–water partition coefficient (Wildman–Crippen LogP) is 0.615. The fraction of sp³-hybridized carbons (Fsp3) is 0.857. The molecule has 0 spiro atoms. The van der Waals surface area contributed by atoms with Crippen molar-refractivity contribution in [3.05, 3.63) is 5.82 Å². The summed E-state index contributed by atoms with van der Waals surface area (Å²) in [5, 5.41) is 13.9. The van der Waals surface area contributed by atoms with Crippen LogP contribution < -0.4 is 0 Å². The van der Waals surface area contributed by atoms with E-state index in [1.165, 1.54) is 12.8 Å². The van der Waals surface area contributed by atoms with Crippen LogP contribution in [0.5, 0.6) is 0 Å². The van der Waals surface area contributed by atoms with E-state index in [-0.39, 0.29) is 5.60 Å². The third-order valence-corrected chi connectivity index (χ3v) is 2.55. The SMILES string of the molecule is COC1(c2nn[nH]n2)CCCC1. The van der Waals surface area contributed by atoms with Crippen LogP contribution in [0.4, 0.5) is 0 Å². The molecule has 0 atom stereocenters. The summed E-state index contributed by atoms with van der Waals surface area (Å²) in [6.45, 7) is 0. The van der Waals surface area contributed by atoms with Crippen LogP contribution in [0.15, 0.2) is 0 Å². The molecule has 0 aliphatic heterocycles. The number of aromatic amines is 1. The first-order valence-electron chi connectivity index (χ1n) is 4.16. The average Bonchev–Trinajstić information content (AvgIpc) is 2.76. The quantitative estimate of drug-likeness (QED) is 0.703. The zero-order chi connectivity index (χ0) is 8.44. The minimum Gasteiger partial charge on any atom is -0.370 e. The summed E-state index contributed by atoms with van der Waals surface area (Å²) in [6.07, 6.45) is 4.37. The molecule has 0 amide bonds. The van der Waals surface area contributed by atoms with Crippen LogP contribution in [0.1, 0.15) is 31.5 Å². The summed E-state index contributed by atoms with van der Waals surface area (Å²) in [5.74, 6) is 0.697. The standard InChI is InChI=1S/C7H12N4O/c1-12-7(4-2-3-5-7)6-8-10-11-9-6/h2-5H2,1H3,(H,8,9,10,11). The summed E-state index contributed by atoms with van der Waals surface area (Å²) >= 11 is 0. The van der Waals surface area contributed by atoms with Gasteiger partial charge in [0.05, 0.1) is 0 Å². The second-order valence-electron chi connectivity index (χ2n) is 3.14. The Morgan fingerprint density at radius 3 is 2.67 bits per heavy atom. The molecule has 12 heavy (non-hydrogen) atoms. The highest BCUT2D eigenvalue weighted by Gasteiger charge is 2.39. The van der Waals surface area contributed by atoms with Gasteiger partial charge in [0.15, 0.2) is 0 Å². The van der Waals surface area contributed by atoms with Crippen molar-refractivity contribution in [3.63, 3.8) is 0 Å². The van der Waals surface area contributed by atoms with Gasteiger partial charge >= 0.3 is 0 Å². The first-order chi connectivity index (χ1) is 5.87. The molecule has 66 valence electrons. The Hall–Kier alpha value is -0.970. The third-order valence-electron chi connectivity index (χ3n) is 2.55. The minimum absolute atomic E-state index is 0.257. The van der Waals surface area contributed by atoms with Crippen LogP contribution in [0.3, 0.4) is 0 Å². The summed E-state index contributed by atoms with van der Waals surface area (Å²) < 4.78 is 5.46. The summed E-state index contributed by atoms with van der Waals surface area (Å²) in [7, 11) is 1.71. The summed E-state index contributed by atoms with van der Waals surface area (Å²) in [4.78, 5) is 0. The van der Waals surface area contributed by atoms with E-state index in [9.17, 15) is 0 Å². The van der Waals surface area contributed by atoms with Gasteiger partial charge in [0, 0.05) is 7.11 Å². The molecule has 1 aromatic heterocycles. The van der Waals surface area contributed by atoms with Crippen molar-refractivity contribution in [2.24, 2.45) is 0 Å². The maximum Gasteiger partial charge on any atom is 0.206 e.